The monoisotopic (exact) mass is 353 g/mol. The molecule has 1 aliphatic rings. The second-order valence-electron chi connectivity index (χ2n) is 4.77. The molecule has 0 atom stereocenters. The summed E-state index contributed by atoms with van der Waals surface area (Å²) in [5.74, 6) is 1.35. The maximum Gasteiger partial charge on any atom is 0.188 e. The van der Waals surface area contributed by atoms with Crippen molar-refractivity contribution < 1.29 is 18.9 Å². The number of benzene rings is 2. The van der Waals surface area contributed by atoms with E-state index in [9.17, 15) is 0 Å². The third kappa shape index (κ3) is 3.67. The summed E-state index contributed by atoms with van der Waals surface area (Å²) in [6.07, 6.45) is 0. The van der Waals surface area contributed by atoms with E-state index >= 15 is 0 Å². The molecule has 0 spiro atoms. The minimum absolute atomic E-state index is 0.155. The van der Waals surface area contributed by atoms with Gasteiger partial charge in [-0.2, -0.15) is 0 Å². The quantitative estimate of drug-likeness (QED) is 0.658. The van der Waals surface area contributed by atoms with E-state index in [0.29, 0.717) is 10.8 Å². The fourth-order valence-electron chi connectivity index (χ4n) is 2.12. The van der Waals surface area contributed by atoms with Crippen molar-refractivity contribution in [2.75, 3.05) is 33.1 Å². The van der Waals surface area contributed by atoms with Crippen LogP contribution >= 0.6 is 23.4 Å². The van der Waals surface area contributed by atoms with E-state index in [2.05, 4.69) is 5.32 Å². The normalized spacial score (nSPS) is 12.1. The number of nitrogens with one attached hydrogen (secondary N) is 1. The van der Waals surface area contributed by atoms with Gasteiger partial charge in [0.25, 0.3) is 0 Å². The average molecular weight is 354 g/mol. The van der Waals surface area contributed by atoms with Crippen molar-refractivity contribution in [3.8, 4) is 11.5 Å². The molecule has 0 aliphatic carbocycles. The molecule has 2 aromatic rings. The molecule has 0 radical (unpaired) electrons. The van der Waals surface area contributed by atoms with Gasteiger partial charge in [-0.15, -0.1) is 0 Å². The van der Waals surface area contributed by atoms with E-state index in [1.807, 2.05) is 30.3 Å². The van der Waals surface area contributed by atoms with Crippen molar-refractivity contribution >= 4 is 34.7 Å². The highest BCUT2D eigenvalue weighted by molar-refractivity contribution is 7.99. The van der Waals surface area contributed by atoms with Crippen molar-refractivity contribution in [3.05, 3.63) is 35.4 Å². The molecule has 2 aromatic carbocycles. The van der Waals surface area contributed by atoms with Gasteiger partial charge in [0.2, 0.25) is 0 Å². The number of hydrogen-bond acceptors (Lipinski definition) is 6. The first kappa shape index (κ1) is 16.3. The number of halogens is 1. The Labute approximate surface area is 143 Å². The molecule has 23 heavy (non-hydrogen) atoms. The summed E-state index contributed by atoms with van der Waals surface area (Å²) in [4.78, 5) is 2.09. The Bertz CT molecular complexity index is 711. The van der Waals surface area contributed by atoms with E-state index in [0.717, 1.165) is 26.9 Å². The SMILES string of the molecule is COCOc1ccc2c(c1)Sc1cc(OCOC)c(Cl)cc1N2. The van der Waals surface area contributed by atoms with E-state index in [-0.39, 0.29) is 13.6 Å². The standard InChI is InChI=1S/C16H16ClNO4S/c1-19-8-21-10-3-4-12-15(5-10)23-16-7-14(22-9-20-2)11(17)6-13(16)18-12/h3-7,18H,8-9H2,1-2H3. The molecule has 0 aromatic heterocycles. The van der Waals surface area contributed by atoms with Gasteiger partial charge in [0.05, 0.1) is 16.4 Å². The van der Waals surface area contributed by atoms with Gasteiger partial charge in [-0.25, -0.2) is 0 Å². The predicted molar refractivity (Wildman–Crippen MR) is 90.3 cm³/mol. The molecule has 0 fully saturated rings. The Kier molecular flexibility index (Phi) is 5.17. The summed E-state index contributed by atoms with van der Waals surface area (Å²) in [7, 11) is 3.16. The van der Waals surface area contributed by atoms with Crippen LogP contribution in [0.3, 0.4) is 0 Å². The second kappa shape index (κ2) is 7.31. The zero-order valence-electron chi connectivity index (χ0n) is 12.7. The third-order valence-electron chi connectivity index (χ3n) is 3.15. The molecule has 1 heterocycles. The highest BCUT2D eigenvalue weighted by Gasteiger charge is 2.19. The van der Waals surface area contributed by atoms with Crippen molar-refractivity contribution in [2.24, 2.45) is 0 Å². The summed E-state index contributed by atoms with van der Waals surface area (Å²) < 4.78 is 20.8. The molecule has 3 rings (SSSR count). The Hall–Kier alpha value is -1.60. The van der Waals surface area contributed by atoms with E-state index < -0.39 is 0 Å². The minimum atomic E-state index is 0.155. The lowest BCUT2D eigenvalue weighted by Crippen LogP contribution is -2.04. The highest BCUT2D eigenvalue weighted by Crippen LogP contribution is 2.48. The van der Waals surface area contributed by atoms with Crippen LogP contribution in [-0.2, 0) is 9.47 Å². The van der Waals surface area contributed by atoms with Crippen LogP contribution < -0.4 is 14.8 Å². The topological polar surface area (TPSA) is 49.0 Å². The summed E-state index contributed by atoms with van der Waals surface area (Å²) >= 11 is 7.87. The van der Waals surface area contributed by atoms with Gasteiger partial charge < -0.3 is 24.3 Å². The zero-order valence-corrected chi connectivity index (χ0v) is 14.3. The van der Waals surface area contributed by atoms with Crippen LogP contribution in [0.15, 0.2) is 40.1 Å². The average Bonchev–Trinajstić information content (AvgIpc) is 2.56. The van der Waals surface area contributed by atoms with Crippen LogP contribution in [0.5, 0.6) is 11.5 Å². The first-order chi connectivity index (χ1) is 11.2. The Morgan fingerprint density at radius 1 is 0.957 bits per heavy atom. The summed E-state index contributed by atoms with van der Waals surface area (Å²) in [5.41, 5.74) is 1.96. The Morgan fingerprint density at radius 3 is 2.48 bits per heavy atom. The van der Waals surface area contributed by atoms with Crippen molar-refractivity contribution in [1.82, 2.24) is 0 Å². The van der Waals surface area contributed by atoms with Crippen molar-refractivity contribution in [3.63, 3.8) is 0 Å². The van der Waals surface area contributed by atoms with Gasteiger partial charge in [0.15, 0.2) is 13.6 Å². The molecule has 0 amide bonds. The number of fused-ring (bicyclic) bond motifs is 2. The van der Waals surface area contributed by atoms with Crippen LogP contribution in [0.25, 0.3) is 0 Å². The first-order valence-electron chi connectivity index (χ1n) is 6.87. The van der Waals surface area contributed by atoms with Crippen LogP contribution in [-0.4, -0.2) is 27.8 Å². The second-order valence-corrected chi connectivity index (χ2v) is 6.26. The van der Waals surface area contributed by atoms with Crippen molar-refractivity contribution in [1.29, 1.82) is 0 Å². The number of hydrogen-bond donors (Lipinski definition) is 1. The number of anilines is 2. The fraction of sp³-hybridized carbons (Fsp3) is 0.250. The summed E-state index contributed by atoms with van der Waals surface area (Å²) in [6.45, 7) is 0.375. The number of rotatable bonds is 6. The molecule has 0 saturated carbocycles. The maximum atomic E-state index is 6.24. The lowest BCUT2D eigenvalue weighted by Gasteiger charge is -2.22. The van der Waals surface area contributed by atoms with E-state index in [1.54, 1.807) is 26.0 Å². The van der Waals surface area contributed by atoms with Gasteiger partial charge in [-0.3, -0.25) is 0 Å². The predicted octanol–water partition coefficient (Wildman–Crippen LogP) is 4.51. The molecule has 0 saturated heterocycles. The van der Waals surface area contributed by atoms with Crippen LogP contribution in [0.1, 0.15) is 0 Å². The Morgan fingerprint density at radius 2 is 1.70 bits per heavy atom. The molecular weight excluding hydrogens is 338 g/mol. The lowest BCUT2D eigenvalue weighted by atomic mass is 10.2. The molecule has 1 N–H and O–H groups in total. The third-order valence-corrected chi connectivity index (χ3v) is 4.56. The van der Waals surface area contributed by atoms with E-state index in [1.165, 1.54) is 0 Å². The number of ether oxygens (including phenoxy) is 4. The molecule has 122 valence electrons. The summed E-state index contributed by atoms with van der Waals surface area (Å²) in [6, 6.07) is 9.60. The molecule has 5 nitrogen and oxygen atoms in total. The largest absolute Gasteiger partial charge is 0.468 e. The maximum absolute atomic E-state index is 6.24. The van der Waals surface area contributed by atoms with Crippen LogP contribution in [0.2, 0.25) is 5.02 Å². The van der Waals surface area contributed by atoms with Crippen LogP contribution in [0.4, 0.5) is 11.4 Å². The smallest absolute Gasteiger partial charge is 0.188 e. The molecule has 1 aliphatic heterocycles. The Balaban J connectivity index is 1.85. The van der Waals surface area contributed by atoms with Crippen molar-refractivity contribution in [2.45, 2.75) is 9.79 Å². The van der Waals surface area contributed by atoms with Gasteiger partial charge in [-0.1, -0.05) is 23.4 Å². The zero-order chi connectivity index (χ0) is 16.2. The van der Waals surface area contributed by atoms with Gasteiger partial charge in [0, 0.05) is 24.0 Å². The lowest BCUT2D eigenvalue weighted by molar-refractivity contribution is 0.0509. The van der Waals surface area contributed by atoms with Gasteiger partial charge >= 0.3 is 0 Å². The van der Waals surface area contributed by atoms with Gasteiger partial charge in [0.1, 0.15) is 11.5 Å². The molecule has 0 bridgehead atoms. The molecular formula is C16H16ClNO4S. The summed E-state index contributed by atoms with van der Waals surface area (Å²) in [5, 5.41) is 3.91. The van der Waals surface area contributed by atoms with E-state index in [4.69, 9.17) is 30.5 Å². The molecule has 7 heteroatoms. The minimum Gasteiger partial charge on any atom is -0.468 e. The highest BCUT2D eigenvalue weighted by atomic mass is 35.5. The van der Waals surface area contributed by atoms with Crippen LogP contribution in [0, 0.1) is 0 Å². The first-order valence-corrected chi connectivity index (χ1v) is 8.06. The molecule has 0 unspecified atom stereocenters. The number of methoxy groups -OCH3 is 2. The fourth-order valence-corrected chi connectivity index (χ4v) is 3.37. The van der Waals surface area contributed by atoms with Gasteiger partial charge in [-0.05, 0) is 30.3 Å².